The average Bonchev–Trinajstić information content (AvgIpc) is 2.28. The van der Waals surface area contributed by atoms with Crippen LogP contribution in [0, 0.1) is 6.92 Å². The first-order valence-corrected chi connectivity index (χ1v) is 5.39. The summed E-state index contributed by atoms with van der Waals surface area (Å²) in [5, 5.41) is 0. The Morgan fingerprint density at radius 3 is 2.69 bits per heavy atom. The van der Waals surface area contributed by atoms with Crippen molar-refractivity contribution in [2.24, 2.45) is 0 Å². The van der Waals surface area contributed by atoms with Gasteiger partial charge in [-0.1, -0.05) is 30.7 Å². The zero-order chi connectivity index (χ0) is 11.5. The summed E-state index contributed by atoms with van der Waals surface area (Å²) in [6, 6.07) is 10.2. The van der Waals surface area contributed by atoms with Crippen molar-refractivity contribution in [1.29, 1.82) is 0 Å². The number of anilines is 1. The van der Waals surface area contributed by atoms with E-state index in [1.54, 1.807) is 0 Å². The number of nitrogens with zero attached hydrogens (tertiary/aromatic N) is 2. The van der Waals surface area contributed by atoms with E-state index in [0.717, 1.165) is 23.4 Å². The van der Waals surface area contributed by atoms with E-state index in [1.165, 1.54) is 5.56 Å². The van der Waals surface area contributed by atoms with Crippen molar-refractivity contribution in [3.8, 4) is 11.3 Å². The maximum atomic E-state index is 5.69. The SMILES string of the molecule is CCc1cc(-c2cccc(C)c2)nc(N)n1. The molecule has 0 aliphatic rings. The van der Waals surface area contributed by atoms with Crippen molar-refractivity contribution < 1.29 is 0 Å². The van der Waals surface area contributed by atoms with E-state index < -0.39 is 0 Å². The molecule has 1 heterocycles. The molecule has 1 aromatic carbocycles. The normalized spacial score (nSPS) is 10.4. The summed E-state index contributed by atoms with van der Waals surface area (Å²) < 4.78 is 0. The summed E-state index contributed by atoms with van der Waals surface area (Å²) in [5.74, 6) is 0.343. The number of nitrogen functional groups attached to an aromatic ring is 1. The predicted octanol–water partition coefficient (Wildman–Crippen LogP) is 2.60. The Hall–Kier alpha value is -1.90. The van der Waals surface area contributed by atoms with Gasteiger partial charge in [0.15, 0.2) is 0 Å². The molecule has 0 fully saturated rings. The second kappa shape index (κ2) is 4.31. The van der Waals surface area contributed by atoms with Gasteiger partial charge in [0, 0.05) is 11.3 Å². The van der Waals surface area contributed by atoms with Crippen molar-refractivity contribution in [2.75, 3.05) is 5.73 Å². The van der Waals surface area contributed by atoms with Gasteiger partial charge < -0.3 is 5.73 Å². The van der Waals surface area contributed by atoms with Gasteiger partial charge in [0.05, 0.1) is 5.69 Å². The molecule has 1 aromatic heterocycles. The molecule has 0 radical (unpaired) electrons. The molecule has 82 valence electrons. The molecular weight excluding hydrogens is 198 g/mol. The Morgan fingerprint density at radius 1 is 1.19 bits per heavy atom. The molecular formula is C13H15N3. The van der Waals surface area contributed by atoms with E-state index in [4.69, 9.17) is 5.73 Å². The van der Waals surface area contributed by atoms with Gasteiger partial charge in [-0.25, -0.2) is 9.97 Å². The highest BCUT2D eigenvalue weighted by Gasteiger charge is 2.03. The van der Waals surface area contributed by atoms with Crippen LogP contribution < -0.4 is 5.73 Å². The number of nitrogens with two attached hydrogens (primary N) is 1. The fraction of sp³-hybridized carbons (Fsp3) is 0.231. The predicted molar refractivity (Wildman–Crippen MR) is 66.0 cm³/mol. The van der Waals surface area contributed by atoms with Crippen molar-refractivity contribution in [3.05, 3.63) is 41.6 Å². The Kier molecular flexibility index (Phi) is 2.86. The van der Waals surface area contributed by atoms with Crippen LogP contribution in [0.4, 0.5) is 5.95 Å². The van der Waals surface area contributed by atoms with Crippen LogP contribution in [0.15, 0.2) is 30.3 Å². The minimum Gasteiger partial charge on any atom is -0.368 e. The minimum atomic E-state index is 0.343. The maximum absolute atomic E-state index is 5.69. The highest BCUT2D eigenvalue weighted by molar-refractivity contribution is 5.61. The fourth-order valence-corrected chi connectivity index (χ4v) is 1.65. The van der Waals surface area contributed by atoms with Crippen LogP contribution in [0.25, 0.3) is 11.3 Å². The van der Waals surface area contributed by atoms with E-state index in [9.17, 15) is 0 Å². The third kappa shape index (κ3) is 2.19. The lowest BCUT2D eigenvalue weighted by Gasteiger charge is -2.05. The number of aromatic nitrogens is 2. The van der Waals surface area contributed by atoms with Crippen LogP contribution in [-0.4, -0.2) is 9.97 Å². The van der Waals surface area contributed by atoms with Crippen molar-refractivity contribution in [1.82, 2.24) is 9.97 Å². The Labute approximate surface area is 95.4 Å². The van der Waals surface area contributed by atoms with Gasteiger partial charge in [0.25, 0.3) is 0 Å². The van der Waals surface area contributed by atoms with Crippen LogP contribution in [0.2, 0.25) is 0 Å². The third-order valence-electron chi connectivity index (χ3n) is 2.47. The first kappa shape index (κ1) is 10.6. The summed E-state index contributed by atoms with van der Waals surface area (Å²) in [6.45, 7) is 4.12. The Bertz CT molecular complexity index is 506. The highest BCUT2D eigenvalue weighted by Crippen LogP contribution is 2.19. The number of benzene rings is 1. The monoisotopic (exact) mass is 213 g/mol. The van der Waals surface area contributed by atoms with Crippen LogP contribution >= 0.6 is 0 Å². The molecule has 3 heteroatoms. The van der Waals surface area contributed by atoms with E-state index in [-0.39, 0.29) is 0 Å². The van der Waals surface area contributed by atoms with E-state index in [0.29, 0.717) is 5.95 Å². The standard InChI is InChI=1S/C13H15N3/c1-3-11-8-12(16-13(14)15-11)10-6-4-5-9(2)7-10/h4-8H,3H2,1-2H3,(H2,14,15,16). The Morgan fingerprint density at radius 2 is 2.00 bits per heavy atom. The average molecular weight is 213 g/mol. The van der Waals surface area contributed by atoms with Gasteiger partial charge in [0.1, 0.15) is 0 Å². The fourth-order valence-electron chi connectivity index (χ4n) is 1.65. The second-order valence-electron chi connectivity index (χ2n) is 3.83. The summed E-state index contributed by atoms with van der Waals surface area (Å²) in [7, 11) is 0. The lowest BCUT2D eigenvalue weighted by atomic mass is 10.1. The zero-order valence-electron chi connectivity index (χ0n) is 9.57. The maximum Gasteiger partial charge on any atom is 0.220 e. The highest BCUT2D eigenvalue weighted by atomic mass is 15.0. The number of rotatable bonds is 2. The van der Waals surface area contributed by atoms with Gasteiger partial charge in [-0.2, -0.15) is 0 Å². The molecule has 0 atom stereocenters. The molecule has 0 saturated carbocycles. The molecule has 2 rings (SSSR count). The van der Waals surface area contributed by atoms with E-state index in [2.05, 4.69) is 35.9 Å². The molecule has 0 spiro atoms. The van der Waals surface area contributed by atoms with Crippen molar-refractivity contribution >= 4 is 5.95 Å². The second-order valence-corrected chi connectivity index (χ2v) is 3.83. The van der Waals surface area contributed by atoms with Crippen LogP contribution in [0.3, 0.4) is 0 Å². The molecule has 0 unspecified atom stereocenters. The molecule has 3 nitrogen and oxygen atoms in total. The first-order chi connectivity index (χ1) is 7.69. The van der Waals surface area contributed by atoms with E-state index in [1.807, 2.05) is 18.2 Å². The minimum absolute atomic E-state index is 0.343. The summed E-state index contributed by atoms with van der Waals surface area (Å²) >= 11 is 0. The molecule has 0 amide bonds. The van der Waals surface area contributed by atoms with Crippen molar-refractivity contribution in [3.63, 3.8) is 0 Å². The zero-order valence-corrected chi connectivity index (χ0v) is 9.57. The molecule has 0 bridgehead atoms. The molecule has 16 heavy (non-hydrogen) atoms. The number of aryl methyl sites for hydroxylation is 2. The van der Waals surface area contributed by atoms with Gasteiger partial charge in [-0.3, -0.25) is 0 Å². The van der Waals surface area contributed by atoms with Gasteiger partial charge in [0.2, 0.25) is 5.95 Å². The summed E-state index contributed by atoms with van der Waals surface area (Å²) in [4.78, 5) is 8.43. The summed E-state index contributed by atoms with van der Waals surface area (Å²) in [5.41, 5.74) is 9.86. The number of hydrogen-bond acceptors (Lipinski definition) is 3. The molecule has 2 N–H and O–H groups in total. The quantitative estimate of drug-likeness (QED) is 0.834. The van der Waals surface area contributed by atoms with Gasteiger partial charge in [-0.05, 0) is 25.5 Å². The lowest BCUT2D eigenvalue weighted by molar-refractivity contribution is 1.01. The topological polar surface area (TPSA) is 51.8 Å². The lowest BCUT2D eigenvalue weighted by Crippen LogP contribution is -2.00. The van der Waals surface area contributed by atoms with Crippen LogP contribution in [0.5, 0.6) is 0 Å². The molecule has 0 aliphatic heterocycles. The molecule has 2 aromatic rings. The van der Waals surface area contributed by atoms with Gasteiger partial charge in [-0.15, -0.1) is 0 Å². The van der Waals surface area contributed by atoms with Crippen molar-refractivity contribution in [2.45, 2.75) is 20.3 Å². The smallest absolute Gasteiger partial charge is 0.220 e. The van der Waals surface area contributed by atoms with Crippen LogP contribution in [0.1, 0.15) is 18.2 Å². The largest absolute Gasteiger partial charge is 0.368 e. The Balaban J connectivity index is 2.51. The van der Waals surface area contributed by atoms with E-state index >= 15 is 0 Å². The van der Waals surface area contributed by atoms with Gasteiger partial charge >= 0.3 is 0 Å². The van der Waals surface area contributed by atoms with Crippen LogP contribution in [-0.2, 0) is 6.42 Å². The molecule has 0 saturated heterocycles. The molecule has 0 aliphatic carbocycles. The third-order valence-corrected chi connectivity index (χ3v) is 2.47. The number of hydrogen-bond donors (Lipinski definition) is 1. The first-order valence-electron chi connectivity index (χ1n) is 5.39. The summed E-state index contributed by atoms with van der Waals surface area (Å²) in [6.07, 6.45) is 0.867.